The van der Waals surface area contributed by atoms with Crippen molar-refractivity contribution in [2.45, 2.75) is 6.92 Å². The van der Waals surface area contributed by atoms with Crippen LogP contribution in [0.15, 0.2) is 78.2 Å². The van der Waals surface area contributed by atoms with Crippen molar-refractivity contribution >= 4 is 46.2 Å². The number of amides is 1. The lowest BCUT2D eigenvalue weighted by Gasteiger charge is -2.13. The molecule has 188 valence electrons. The first-order chi connectivity index (χ1) is 17.9. The molecule has 0 aliphatic rings. The molecule has 0 fully saturated rings. The van der Waals surface area contributed by atoms with Gasteiger partial charge in [-0.1, -0.05) is 6.08 Å². The maximum absolute atomic E-state index is 12.3. The number of hydrogen-bond donors (Lipinski definition) is 3. The number of carbonyl (C=O) groups excluding carboxylic acids is 1. The third kappa shape index (κ3) is 6.86. The maximum Gasteiger partial charge on any atom is 0.248 e. The van der Waals surface area contributed by atoms with Crippen molar-refractivity contribution in [3.8, 4) is 11.5 Å². The highest BCUT2D eigenvalue weighted by Crippen LogP contribution is 2.31. The number of benzene rings is 2. The summed E-state index contributed by atoms with van der Waals surface area (Å²) in [6.07, 6.45) is 7.64. The van der Waals surface area contributed by atoms with E-state index in [1.807, 2.05) is 68.4 Å². The fraction of sp³-hybridized carbons (Fsp3) is 0.148. The normalized spacial score (nSPS) is 11.5. The quantitative estimate of drug-likeness (QED) is 0.175. The maximum atomic E-state index is 12.3. The molecule has 0 spiro atoms. The Morgan fingerprint density at radius 1 is 1.08 bits per heavy atom. The van der Waals surface area contributed by atoms with Gasteiger partial charge in [0, 0.05) is 41.6 Å². The topological polar surface area (TPSA) is 131 Å². The second-order valence-electron chi connectivity index (χ2n) is 8.44. The number of ether oxygens (including phenoxy) is 1. The fourth-order valence-corrected chi connectivity index (χ4v) is 3.50. The summed E-state index contributed by atoms with van der Waals surface area (Å²) in [5.41, 5.74) is 8.50. The van der Waals surface area contributed by atoms with E-state index in [9.17, 15) is 4.79 Å². The van der Waals surface area contributed by atoms with Gasteiger partial charge in [-0.3, -0.25) is 4.79 Å². The molecule has 2 heterocycles. The number of pyridine rings is 1. The fourth-order valence-electron chi connectivity index (χ4n) is 3.50. The molecule has 1 amide bonds. The lowest BCUT2D eigenvalue weighted by Crippen LogP contribution is -2.12. The Labute approximate surface area is 214 Å². The Morgan fingerprint density at radius 2 is 1.92 bits per heavy atom. The van der Waals surface area contributed by atoms with E-state index in [0.29, 0.717) is 35.4 Å². The molecule has 10 nitrogen and oxygen atoms in total. The Bertz CT molecular complexity index is 1470. The van der Waals surface area contributed by atoms with Gasteiger partial charge in [-0.15, -0.1) is 0 Å². The minimum absolute atomic E-state index is 0.199. The smallest absolute Gasteiger partial charge is 0.248 e. The van der Waals surface area contributed by atoms with Crippen LogP contribution in [0.4, 0.5) is 23.0 Å². The summed E-state index contributed by atoms with van der Waals surface area (Å²) in [5.74, 6) is 2.18. The summed E-state index contributed by atoms with van der Waals surface area (Å²) >= 11 is 0. The number of likely N-dealkylation sites (N-methyl/N-ethyl adjacent to an activating group) is 1. The summed E-state index contributed by atoms with van der Waals surface area (Å²) < 4.78 is 6.01. The van der Waals surface area contributed by atoms with Gasteiger partial charge in [0.15, 0.2) is 5.82 Å². The molecular formula is C27H28N8O2. The van der Waals surface area contributed by atoms with Crippen LogP contribution < -0.4 is 21.1 Å². The second-order valence-corrected chi connectivity index (χ2v) is 8.44. The standard InChI is InChI=1S/C27H28N8O2/c1-18-13-19(7-9-24(18)37-21-10-11-29-25(15-21)30-16-28)34-27-22-14-20(6-8-23(22)31-17-32-27)33-26(36)5-4-12-35(2)3/h4-11,13-17H,12H2,1-3H3,(H,33,36)(H2,28,29,30)(H,31,32,34)/b5-4+. The third-order valence-electron chi connectivity index (χ3n) is 5.23. The van der Waals surface area contributed by atoms with Gasteiger partial charge in [-0.25, -0.2) is 19.9 Å². The zero-order chi connectivity index (χ0) is 26.2. The molecule has 0 saturated heterocycles. The van der Waals surface area contributed by atoms with Gasteiger partial charge >= 0.3 is 0 Å². The van der Waals surface area contributed by atoms with Crippen LogP contribution in [0.3, 0.4) is 0 Å². The molecule has 10 heteroatoms. The zero-order valence-electron chi connectivity index (χ0n) is 20.8. The molecule has 0 bridgehead atoms. The van der Waals surface area contributed by atoms with Crippen molar-refractivity contribution in [1.82, 2.24) is 19.9 Å². The van der Waals surface area contributed by atoms with Gasteiger partial charge in [0.1, 0.15) is 23.6 Å². The van der Waals surface area contributed by atoms with E-state index in [2.05, 4.69) is 30.6 Å². The zero-order valence-corrected chi connectivity index (χ0v) is 20.8. The molecular weight excluding hydrogens is 468 g/mol. The van der Waals surface area contributed by atoms with Gasteiger partial charge in [0.2, 0.25) is 5.91 Å². The van der Waals surface area contributed by atoms with Gasteiger partial charge in [0.25, 0.3) is 0 Å². The molecule has 2 aromatic carbocycles. The Morgan fingerprint density at radius 3 is 2.70 bits per heavy atom. The van der Waals surface area contributed by atoms with Crippen molar-refractivity contribution in [2.75, 3.05) is 31.3 Å². The molecule has 0 aliphatic carbocycles. The van der Waals surface area contributed by atoms with Crippen molar-refractivity contribution in [2.24, 2.45) is 10.7 Å². The summed E-state index contributed by atoms with van der Waals surface area (Å²) in [7, 11) is 3.88. The average Bonchev–Trinajstić information content (AvgIpc) is 2.86. The number of carbonyl (C=O) groups is 1. The number of nitrogens with one attached hydrogen (secondary N) is 2. The Hall–Kier alpha value is -4.83. The molecule has 0 saturated carbocycles. The molecule has 4 aromatic rings. The van der Waals surface area contributed by atoms with Crippen LogP contribution in [0.1, 0.15) is 5.56 Å². The number of aromatic nitrogens is 3. The van der Waals surface area contributed by atoms with E-state index < -0.39 is 0 Å². The molecule has 0 unspecified atom stereocenters. The average molecular weight is 497 g/mol. The van der Waals surface area contributed by atoms with E-state index in [1.165, 1.54) is 18.7 Å². The summed E-state index contributed by atoms with van der Waals surface area (Å²) in [6.45, 7) is 2.64. The number of anilines is 3. The van der Waals surface area contributed by atoms with Crippen LogP contribution in [-0.2, 0) is 4.79 Å². The third-order valence-corrected chi connectivity index (χ3v) is 5.23. The van der Waals surface area contributed by atoms with E-state index in [4.69, 9.17) is 10.5 Å². The summed E-state index contributed by atoms with van der Waals surface area (Å²) in [5, 5.41) is 7.01. The number of aliphatic imine (C=N–C) groups is 1. The summed E-state index contributed by atoms with van der Waals surface area (Å²) in [4.78, 5) is 31.1. The first-order valence-corrected chi connectivity index (χ1v) is 11.5. The van der Waals surface area contributed by atoms with Crippen molar-refractivity contribution in [3.63, 3.8) is 0 Å². The van der Waals surface area contributed by atoms with Gasteiger partial charge in [-0.05, 0) is 69.0 Å². The molecule has 0 radical (unpaired) electrons. The largest absolute Gasteiger partial charge is 0.457 e. The monoisotopic (exact) mass is 496 g/mol. The minimum atomic E-state index is -0.199. The van der Waals surface area contributed by atoms with Crippen LogP contribution in [0.25, 0.3) is 10.9 Å². The Balaban J connectivity index is 1.51. The first kappa shape index (κ1) is 25.3. The van der Waals surface area contributed by atoms with Gasteiger partial charge in [0.05, 0.1) is 11.9 Å². The van der Waals surface area contributed by atoms with Gasteiger partial charge in [-0.2, -0.15) is 0 Å². The number of aryl methyl sites for hydroxylation is 1. The highest BCUT2D eigenvalue weighted by Gasteiger charge is 2.09. The lowest BCUT2D eigenvalue weighted by molar-refractivity contribution is -0.111. The molecule has 0 aliphatic heterocycles. The SMILES string of the molecule is Cc1cc(Nc2ncnc3ccc(NC(=O)/C=C/CN(C)C)cc23)ccc1Oc1ccnc(N=CN)c1. The molecule has 0 atom stereocenters. The molecule has 37 heavy (non-hydrogen) atoms. The highest BCUT2D eigenvalue weighted by molar-refractivity contribution is 6.01. The van der Waals surface area contributed by atoms with Crippen LogP contribution in [0.2, 0.25) is 0 Å². The lowest BCUT2D eigenvalue weighted by atomic mass is 10.1. The predicted molar refractivity (Wildman–Crippen MR) is 147 cm³/mol. The minimum Gasteiger partial charge on any atom is -0.457 e. The molecule has 4 rings (SSSR count). The number of fused-ring (bicyclic) bond motifs is 1. The number of nitrogens with two attached hydrogens (primary N) is 1. The van der Waals surface area contributed by atoms with Crippen LogP contribution >= 0.6 is 0 Å². The van der Waals surface area contributed by atoms with Crippen LogP contribution in [-0.4, -0.2) is 52.7 Å². The van der Waals surface area contributed by atoms with Crippen molar-refractivity contribution in [3.05, 3.63) is 78.8 Å². The van der Waals surface area contributed by atoms with Gasteiger partial charge < -0.3 is 26.0 Å². The predicted octanol–water partition coefficient (Wildman–Crippen LogP) is 4.54. The van der Waals surface area contributed by atoms with E-state index >= 15 is 0 Å². The molecule has 2 aromatic heterocycles. The van der Waals surface area contributed by atoms with Crippen molar-refractivity contribution < 1.29 is 9.53 Å². The highest BCUT2D eigenvalue weighted by atomic mass is 16.5. The molecule has 4 N–H and O–H groups in total. The van der Waals surface area contributed by atoms with Crippen molar-refractivity contribution in [1.29, 1.82) is 0 Å². The number of rotatable bonds is 9. The van der Waals surface area contributed by atoms with Crippen LogP contribution in [0.5, 0.6) is 11.5 Å². The van der Waals surface area contributed by atoms with Crippen LogP contribution in [0, 0.1) is 6.92 Å². The summed E-state index contributed by atoms with van der Waals surface area (Å²) in [6, 6.07) is 14.7. The van der Waals surface area contributed by atoms with E-state index in [1.54, 1.807) is 18.3 Å². The first-order valence-electron chi connectivity index (χ1n) is 11.5. The second kappa shape index (κ2) is 11.7. The Kier molecular flexibility index (Phi) is 8.01. The number of hydrogen-bond acceptors (Lipinski definition) is 8. The van der Waals surface area contributed by atoms with E-state index in [0.717, 1.165) is 22.2 Å². The van der Waals surface area contributed by atoms with E-state index in [-0.39, 0.29) is 5.91 Å². The number of nitrogens with zero attached hydrogens (tertiary/aromatic N) is 5.